The number of carbonyl (C=O) groups excluding carboxylic acids is 2. The highest BCUT2D eigenvalue weighted by atomic mass is 35.5. The maximum absolute atomic E-state index is 13.3. The van der Waals surface area contributed by atoms with Gasteiger partial charge in [0, 0.05) is 18.6 Å². The summed E-state index contributed by atoms with van der Waals surface area (Å²) >= 11 is 5.94. The average molecular weight is 466 g/mol. The topological polar surface area (TPSA) is 86.8 Å². The number of benzene rings is 2. The van der Waals surface area contributed by atoms with E-state index in [9.17, 15) is 18.0 Å². The Labute approximate surface area is 189 Å². The zero-order valence-corrected chi connectivity index (χ0v) is 19.9. The molecule has 9 heteroatoms. The molecule has 0 radical (unpaired) electrons. The van der Waals surface area contributed by atoms with E-state index in [0.29, 0.717) is 10.7 Å². The molecule has 2 amide bonds. The Morgan fingerprint density at radius 3 is 2.26 bits per heavy atom. The number of halogens is 1. The molecular formula is C22H28ClN3O4S. The van der Waals surface area contributed by atoms with E-state index in [1.54, 1.807) is 44.2 Å². The third-order valence-electron chi connectivity index (χ3n) is 4.99. The van der Waals surface area contributed by atoms with E-state index in [0.717, 1.165) is 27.3 Å². The maximum Gasteiger partial charge on any atom is 0.244 e. The van der Waals surface area contributed by atoms with Crippen molar-refractivity contribution in [3.63, 3.8) is 0 Å². The van der Waals surface area contributed by atoms with Gasteiger partial charge in [0.25, 0.3) is 0 Å². The Morgan fingerprint density at radius 2 is 1.71 bits per heavy atom. The number of rotatable bonds is 8. The van der Waals surface area contributed by atoms with Crippen LogP contribution in [0.5, 0.6) is 0 Å². The minimum Gasteiger partial charge on any atom is -0.357 e. The Morgan fingerprint density at radius 1 is 1.10 bits per heavy atom. The normalized spacial score (nSPS) is 12.2. The van der Waals surface area contributed by atoms with Crippen molar-refractivity contribution in [2.24, 2.45) is 0 Å². The van der Waals surface area contributed by atoms with Gasteiger partial charge in [-0.25, -0.2) is 8.42 Å². The number of anilines is 1. The molecule has 0 aliphatic rings. The van der Waals surface area contributed by atoms with Gasteiger partial charge in [0.1, 0.15) is 12.6 Å². The van der Waals surface area contributed by atoms with Crippen LogP contribution < -0.4 is 9.62 Å². The summed E-state index contributed by atoms with van der Waals surface area (Å²) in [4.78, 5) is 27.0. The first-order chi connectivity index (χ1) is 14.4. The molecule has 0 aromatic heterocycles. The van der Waals surface area contributed by atoms with E-state index >= 15 is 0 Å². The highest BCUT2D eigenvalue weighted by Crippen LogP contribution is 2.24. The van der Waals surface area contributed by atoms with Gasteiger partial charge in [0.2, 0.25) is 21.8 Å². The predicted octanol–water partition coefficient (Wildman–Crippen LogP) is 2.89. The van der Waals surface area contributed by atoms with Crippen LogP contribution in [0.3, 0.4) is 0 Å². The van der Waals surface area contributed by atoms with Crippen LogP contribution in [-0.2, 0) is 26.2 Å². The molecule has 0 saturated heterocycles. The van der Waals surface area contributed by atoms with Crippen LogP contribution in [0.2, 0.25) is 5.02 Å². The largest absolute Gasteiger partial charge is 0.357 e. The number of sulfonamides is 1. The molecule has 0 heterocycles. The van der Waals surface area contributed by atoms with Crippen molar-refractivity contribution in [3.05, 3.63) is 64.2 Å². The fourth-order valence-corrected chi connectivity index (χ4v) is 4.19. The minimum atomic E-state index is -3.75. The number of aryl methyl sites for hydroxylation is 2. The molecule has 0 fully saturated rings. The molecular weight excluding hydrogens is 438 g/mol. The van der Waals surface area contributed by atoms with Crippen molar-refractivity contribution >= 4 is 39.1 Å². The highest BCUT2D eigenvalue weighted by molar-refractivity contribution is 7.92. The van der Waals surface area contributed by atoms with Crippen LogP contribution >= 0.6 is 11.6 Å². The molecule has 1 atom stereocenters. The summed E-state index contributed by atoms with van der Waals surface area (Å²) in [6, 6.07) is 11.5. The number of likely N-dealkylation sites (N-methyl/N-ethyl adjacent to an activating group) is 1. The number of amides is 2. The first kappa shape index (κ1) is 24.7. The Balaban J connectivity index is 2.42. The third-order valence-corrected chi connectivity index (χ3v) is 6.37. The van der Waals surface area contributed by atoms with E-state index in [4.69, 9.17) is 11.6 Å². The molecule has 0 aliphatic carbocycles. The standard InChI is InChI=1S/C22H28ClN3O4S/c1-15-6-7-16(2)20(12-15)26(31(5,29)30)14-21(27)25(17(3)22(28)24-4)13-18-8-10-19(23)11-9-18/h6-12,17H,13-14H2,1-5H3,(H,24,28)/t17-/m1/s1. The highest BCUT2D eigenvalue weighted by Gasteiger charge is 2.30. The molecule has 0 saturated carbocycles. The summed E-state index contributed by atoms with van der Waals surface area (Å²) in [5.74, 6) is -0.836. The Bertz CT molecular complexity index is 1050. The molecule has 0 unspecified atom stereocenters. The molecule has 0 spiro atoms. The molecule has 0 aliphatic heterocycles. The van der Waals surface area contributed by atoms with Crippen molar-refractivity contribution in [1.29, 1.82) is 0 Å². The van der Waals surface area contributed by atoms with Gasteiger partial charge in [0.05, 0.1) is 11.9 Å². The van der Waals surface area contributed by atoms with Crippen molar-refractivity contribution < 1.29 is 18.0 Å². The number of hydrogen-bond donors (Lipinski definition) is 1. The SMILES string of the molecule is CNC(=O)[C@@H](C)N(Cc1ccc(Cl)cc1)C(=O)CN(c1cc(C)ccc1C)S(C)(=O)=O. The van der Waals surface area contributed by atoms with Crippen LogP contribution in [-0.4, -0.2) is 51.0 Å². The van der Waals surface area contributed by atoms with Gasteiger partial charge in [-0.2, -0.15) is 0 Å². The van der Waals surface area contributed by atoms with Gasteiger partial charge >= 0.3 is 0 Å². The van der Waals surface area contributed by atoms with Gasteiger partial charge < -0.3 is 10.2 Å². The lowest BCUT2D eigenvalue weighted by atomic mass is 10.1. The monoisotopic (exact) mass is 465 g/mol. The fraction of sp³-hybridized carbons (Fsp3) is 0.364. The Hall–Kier alpha value is -2.58. The minimum absolute atomic E-state index is 0.134. The lowest BCUT2D eigenvalue weighted by Crippen LogP contribution is -2.50. The maximum atomic E-state index is 13.3. The average Bonchev–Trinajstić information content (AvgIpc) is 2.71. The van der Waals surface area contributed by atoms with Crippen molar-refractivity contribution in [1.82, 2.24) is 10.2 Å². The molecule has 2 aromatic rings. The van der Waals surface area contributed by atoms with Crippen LogP contribution in [0, 0.1) is 13.8 Å². The second kappa shape index (κ2) is 10.2. The number of carbonyl (C=O) groups is 2. The second-order valence-electron chi connectivity index (χ2n) is 7.50. The van der Waals surface area contributed by atoms with Gasteiger partial charge in [0.15, 0.2) is 0 Å². The molecule has 7 nitrogen and oxygen atoms in total. The molecule has 2 rings (SSSR count). The quantitative estimate of drug-likeness (QED) is 0.649. The van der Waals surface area contributed by atoms with Gasteiger partial charge in [-0.1, -0.05) is 35.9 Å². The summed E-state index contributed by atoms with van der Waals surface area (Å²) in [5.41, 5.74) is 2.81. The fourth-order valence-electron chi connectivity index (χ4n) is 3.16. The zero-order chi connectivity index (χ0) is 23.3. The van der Waals surface area contributed by atoms with E-state index in [2.05, 4.69) is 5.32 Å². The van der Waals surface area contributed by atoms with E-state index < -0.39 is 28.5 Å². The summed E-state index contributed by atoms with van der Waals surface area (Å²) in [6.07, 6.45) is 1.06. The molecule has 31 heavy (non-hydrogen) atoms. The van der Waals surface area contributed by atoms with Crippen molar-refractivity contribution in [2.45, 2.75) is 33.4 Å². The number of nitrogens with zero attached hydrogens (tertiary/aromatic N) is 2. The number of nitrogens with one attached hydrogen (secondary N) is 1. The first-order valence-electron chi connectivity index (χ1n) is 9.74. The second-order valence-corrected chi connectivity index (χ2v) is 9.84. The summed E-state index contributed by atoms with van der Waals surface area (Å²) in [6.45, 7) is 4.96. The van der Waals surface area contributed by atoms with E-state index in [-0.39, 0.29) is 12.5 Å². The van der Waals surface area contributed by atoms with Crippen molar-refractivity contribution in [2.75, 3.05) is 24.2 Å². The van der Waals surface area contributed by atoms with Crippen molar-refractivity contribution in [3.8, 4) is 0 Å². The summed E-state index contributed by atoms with van der Waals surface area (Å²) in [7, 11) is -2.26. The van der Waals surface area contributed by atoms with Gasteiger partial charge in [-0.3, -0.25) is 13.9 Å². The predicted molar refractivity (Wildman–Crippen MR) is 124 cm³/mol. The molecule has 2 aromatic carbocycles. The van der Waals surface area contributed by atoms with Crippen LogP contribution in [0.15, 0.2) is 42.5 Å². The number of hydrogen-bond acceptors (Lipinski definition) is 4. The molecule has 1 N–H and O–H groups in total. The van der Waals surface area contributed by atoms with Crippen LogP contribution in [0.25, 0.3) is 0 Å². The smallest absolute Gasteiger partial charge is 0.244 e. The van der Waals surface area contributed by atoms with Gasteiger partial charge in [-0.05, 0) is 55.7 Å². The molecule has 0 bridgehead atoms. The first-order valence-corrected chi connectivity index (χ1v) is 12.0. The summed E-state index contributed by atoms with van der Waals surface area (Å²) in [5, 5.41) is 3.10. The van der Waals surface area contributed by atoms with Crippen LogP contribution in [0.4, 0.5) is 5.69 Å². The molecule has 168 valence electrons. The van der Waals surface area contributed by atoms with Crippen LogP contribution in [0.1, 0.15) is 23.6 Å². The van der Waals surface area contributed by atoms with E-state index in [1.807, 2.05) is 19.1 Å². The van der Waals surface area contributed by atoms with E-state index in [1.165, 1.54) is 11.9 Å². The van der Waals surface area contributed by atoms with Gasteiger partial charge in [-0.15, -0.1) is 0 Å². The zero-order valence-electron chi connectivity index (χ0n) is 18.3. The summed E-state index contributed by atoms with van der Waals surface area (Å²) < 4.78 is 26.2. The lowest BCUT2D eigenvalue weighted by molar-refractivity contribution is -0.139. The lowest BCUT2D eigenvalue weighted by Gasteiger charge is -2.31. The third kappa shape index (κ3) is 6.45. The Kier molecular flexibility index (Phi) is 8.08.